The van der Waals surface area contributed by atoms with Crippen molar-refractivity contribution < 1.29 is 9.59 Å². The van der Waals surface area contributed by atoms with E-state index in [1.807, 2.05) is 13.0 Å². The molecule has 0 spiro atoms. The van der Waals surface area contributed by atoms with Crippen LogP contribution in [0.25, 0.3) is 0 Å². The molecule has 6 heteroatoms. The lowest BCUT2D eigenvalue weighted by Gasteiger charge is -2.19. The fourth-order valence-corrected chi connectivity index (χ4v) is 2.47. The highest BCUT2D eigenvalue weighted by atomic mass is 35.5. The van der Waals surface area contributed by atoms with Crippen LogP contribution < -0.4 is 10.6 Å². The summed E-state index contributed by atoms with van der Waals surface area (Å²) in [6.07, 6.45) is 0. The molecule has 2 aromatic carbocycles. The highest BCUT2D eigenvalue weighted by Crippen LogP contribution is 2.15. The van der Waals surface area contributed by atoms with Gasteiger partial charge in [-0.05, 0) is 43.7 Å². The summed E-state index contributed by atoms with van der Waals surface area (Å²) in [6.45, 7) is 3.44. The summed E-state index contributed by atoms with van der Waals surface area (Å²) < 4.78 is 0. The second kappa shape index (κ2) is 8.32. The van der Waals surface area contributed by atoms with Gasteiger partial charge in [0.25, 0.3) is 5.91 Å². The molecule has 0 bridgehead atoms. The molecule has 2 unspecified atom stereocenters. The Bertz CT molecular complexity index is 812. The van der Waals surface area contributed by atoms with E-state index < -0.39 is 11.9 Å². The Morgan fingerprint density at radius 2 is 1.68 bits per heavy atom. The van der Waals surface area contributed by atoms with Crippen molar-refractivity contribution >= 4 is 23.4 Å². The summed E-state index contributed by atoms with van der Waals surface area (Å²) in [4.78, 5) is 24.5. The maximum atomic E-state index is 12.3. The van der Waals surface area contributed by atoms with E-state index >= 15 is 0 Å². The first kappa shape index (κ1) is 18.5. The van der Waals surface area contributed by atoms with Crippen molar-refractivity contribution in [3.63, 3.8) is 0 Å². The van der Waals surface area contributed by atoms with E-state index in [1.165, 1.54) is 0 Å². The molecule has 2 atom stereocenters. The first-order valence-corrected chi connectivity index (χ1v) is 8.16. The van der Waals surface area contributed by atoms with E-state index in [9.17, 15) is 9.59 Å². The van der Waals surface area contributed by atoms with Gasteiger partial charge in [0.1, 0.15) is 6.04 Å². The number of rotatable bonds is 5. The Morgan fingerprint density at radius 1 is 1.04 bits per heavy atom. The average Bonchev–Trinajstić information content (AvgIpc) is 2.61. The molecule has 25 heavy (non-hydrogen) atoms. The highest BCUT2D eigenvalue weighted by molar-refractivity contribution is 6.33. The van der Waals surface area contributed by atoms with E-state index in [0.29, 0.717) is 16.1 Å². The molecule has 0 fully saturated rings. The van der Waals surface area contributed by atoms with Gasteiger partial charge in [-0.3, -0.25) is 9.59 Å². The molecular weight excluding hydrogens is 338 g/mol. The number of nitrogens with one attached hydrogen (secondary N) is 2. The van der Waals surface area contributed by atoms with Gasteiger partial charge >= 0.3 is 0 Å². The lowest BCUT2D eigenvalue weighted by Crippen LogP contribution is -2.45. The second-order valence-corrected chi connectivity index (χ2v) is 6.05. The van der Waals surface area contributed by atoms with Gasteiger partial charge < -0.3 is 10.6 Å². The van der Waals surface area contributed by atoms with E-state index in [1.54, 1.807) is 55.5 Å². The van der Waals surface area contributed by atoms with Crippen LogP contribution >= 0.6 is 11.6 Å². The molecule has 0 aromatic heterocycles. The topological polar surface area (TPSA) is 82.0 Å². The van der Waals surface area contributed by atoms with Crippen molar-refractivity contribution in [1.29, 1.82) is 5.26 Å². The zero-order valence-corrected chi connectivity index (χ0v) is 14.7. The average molecular weight is 356 g/mol. The van der Waals surface area contributed by atoms with Gasteiger partial charge in [-0.25, -0.2) is 0 Å². The normalized spacial score (nSPS) is 12.6. The van der Waals surface area contributed by atoms with Crippen molar-refractivity contribution in [3.05, 3.63) is 70.2 Å². The summed E-state index contributed by atoms with van der Waals surface area (Å²) in [5, 5.41) is 14.6. The van der Waals surface area contributed by atoms with Crippen molar-refractivity contribution in [2.24, 2.45) is 0 Å². The molecular formula is C19H18ClN3O2. The third kappa shape index (κ3) is 4.82. The molecule has 2 amide bonds. The van der Waals surface area contributed by atoms with Crippen molar-refractivity contribution in [1.82, 2.24) is 10.6 Å². The molecule has 0 saturated heterocycles. The summed E-state index contributed by atoms with van der Waals surface area (Å²) in [7, 11) is 0. The zero-order valence-electron chi connectivity index (χ0n) is 13.9. The highest BCUT2D eigenvalue weighted by Gasteiger charge is 2.19. The summed E-state index contributed by atoms with van der Waals surface area (Å²) in [5.74, 6) is -0.712. The van der Waals surface area contributed by atoms with Crippen LogP contribution in [0.15, 0.2) is 48.5 Å². The van der Waals surface area contributed by atoms with Gasteiger partial charge in [-0.2, -0.15) is 5.26 Å². The Morgan fingerprint density at radius 3 is 2.28 bits per heavy atom. The predicted molar refractivity (Wildman–Crippen MR) is 96.1 cm³/mol. The molecule has 2 N–H and O–H groups in total. The minimum absolute atomic E-state index is 0.250. The minimum Gasteiger partial charge on any atom is -0.348 e. The van der Waals surface area contributed by atoms with Crippen LogP contribution in [0.5, 0.6) is 0 Å². The van der Waals surface area contributed by atoms with Crippen LogP contribution in [0.2, 0.25) is 5.02 Å². The first-order valence-electron chi connectivity index (χ1n) is 7.78. The van der Waals surface area contributed by atoms with Gasteiger partial charge in [-0.1, -0.05) is 35.9 Å². The van der Waals surface area contributed by atoms with Gasteiger partial charge in [0.15, 0.2) is 0 Å². The predicted octanol–water partition coefficient (Wildman–Crippen LogP) is 3.21. The van der Waals surface area contributed by atoms with Crippen LogP contribution in [-0.2, 0) is 4.79 Å². The Kier molecular flexibility index (Phi) is 6.15. The minimum atomic E-state index is -0.718. The number of carbonyl (C=O) groups is 2. The van der Waals surface area contributed by atoms with Gasteiger partial charge in [-0.15, -0.1) is 0 Å². The van der Waals surface area contributed by atoms with E-state index in [2.05, 4.69) is 10.6 Å². The largest absolute Gasteiger partial charge is 0.348 e. The second-order valence-electron chi connectivity index (χ2n) is 5.64. The van der Waals surface area contributed by atoms with Crippen molar-refractivity contribution in [2.75, 3.05) is 0 Å². The van der Waals surface area contributed by atoms with E-state index in [-0.39, 0.29) is 11.9 Å². The zero-order chi connectivity index (χ0) is 18.4. The Labute approximate surface area is 151 Å². The molecule has 0 aliphatic heterocycles. The number of hydrogen-bond donors (Lipinski definition) is 2. The van der Waals surface area contributed by atoms with Crippen LogP contribution in [0, 0.1) is 11.3 Å². The number of carbonyl (C=O) groups excluding carboxylic acids is 2. The molecule has 2 aromatic rings. The van der Waals surface area contributed by atoms with Crippen LogP contribution in [-0.4, -0.2) is 17.9 Å². The van der Waals surface area contributed by atoms with Crippen molar-refractivity contribution in [2.45, 2.75) is 25.9 Å². The van der Waals surface area contributed by atoms with Gasteiger partial charge in [0, 0.05) is 0 Å². The van der Waals surface area contributed by atoms with E-state index in [4.69, 9.17) is 16.9 Å². The fourth-order valence-electron chi connectivity index (χ4n) is 2.25. The summed E-state index contributed by atoms with van der Waals surface area (Å²) in [5.41, 5.74) is 1.75. The maximum Gasteiger partial charge on any atom is 0.253 e. The maximum absolute atomic E-state index is 12.3. The Balaban J connectivity index is 1.96. The number of amides is 2. The van der Waals surface area contributed by atoms with Crippen molar-refractivity contribution in [3.8, 4) is 6.07 Å². The lowest BCUT2D eigenvalue weighted by molar-refractivity contribution is -0.123. The molecule has 0 heterocycles. The van der Waals surface area contributed by atoms with Crippen LogP contribution in [0.4, 0.5) is 0 Å². The molecule has 0 radical (unpaired) electrons. The summed E-state index contributed by atoms with van der Waals surface area (Å²) in [6, 6.07) is 14.7. The number of nitriles is 1. The number of halogens is 1. The molecule has 0 saturated carbocycles. The number of nitrogens with zero attached hydrogens (tertiary/aromatic N) is 1. The van der Waals surface area contributed by atoms with E-state index in [0.717, 1.165) is 5.56 Å². The number of hydrogen-bond acceptors (Lipinski definition) is 3. The third-order valence-electron chi connectivity index (χ3n) is 3.76. The van der Waals surface area contributed by atoms with Gasteiger partial charge in [0.05, 0.1) is 28.3 Å². The molecule has 2 rings (SSSR count). The van der Waals surface area contributed by atoms with Crippen LogP contribution in [0.1, 0.15) is 41.4 Å². The first-order chi connectivity index (χ1) is 11.9. The third-order valence-corrected chi connectivity index (χ3v) is 4.09. The Hall–Kier alpha value is -2.84. The van der Waals surface area contributed by atoms with Gasteiger partial charge in [0.2, 0.25) is 5.91 Å². The molecule has 5 nitrogen and oxygen atoms in total. The molecule has 0 aliphatic rings. The smallest absolute Gasteiger partial charge is 0.253 e. The van der Waals surface area contributed by atoms with Crippen LogP contribution in [0.3, 0.4) is 0 Å². The molecule has 128 valence electrons. The quantitative estimate of drug-likeness (QED) is 0.864. The molecule has 0 aliphatic carbocycles. The number of benzene rings is 2. The SMILES string of the molecule is CC(NC(=O)c1ccccc1Cl)C(=O)NC(C)c1ccc(C#N)cc1. The summed E-state index contributed by atoms with van der Waals surface area (Å²) >= 11 is 5.99. The monoisotopic (exact) mass is 355 g/mol. The lowest BCUT2D eigenvalue weighted by atomic mass is 10.1. The standard InChI is InChI=1S/C19H18ClN3O2/c1-12(15-9-7-14(11-21)8-10-15)22-18(24)13(2)23-19(25)16-5-3-4-6-17(16)20/h3-10,12-13H,1-2H3,(H,22,24)(H,23,25). The fraction of sp³-hybridized carbons (Fsp3) is 0.211.